The van der Waals surface area contributed by atoms with E-state index in [1.807, 2.05) is 36.5 Å². The van der Waals surface area contributed by atoms with Gasteiger partial charge in [-0.25, -0.2) is 0 Å². The quantitative estimate of drug-likeness (QED) is 0.466. The van der Waals surface area contributed by atoms with E-state index in [0.29, 0.717) is 0 Å². The van der Waals surface area contributed by atoms with Gasteiger partial charge < -0.3 is 0 Å². The zero-order valence-corrected chi connectivity index (χ0v) is 15.4. The Labute approximate surface area is 133 Å². The van der Waals surface area contributed by atoms with Crippen LogP contribution in [0.3, 0.4) is 0 Å². The Morgan fingerprint density at radius 3 is 2.20 bits per heavy atom. The van der Waals surface area contributed by atoms with Gasteiger partial charge in [0.25, 0.3) is 0 Å². The van der Waals surface area contributed by atoms with Crippen LogP contribution in [-0.2, 0) is 6.42 Å². The number of hydrogen-bond acceptors (Lipinski definition) is 2. The van der Waals surface area contributed by atoms with E-state index < -0.39 is 0 Å². The van der Waals surface area contributed by atoms with Crippen LogP contribution < -0.4 is 0 Å². The number of hydrogen-bond donors (Lipinski definition) is 0. The lowest BCUT2D eigenvalue weighted by atomic mass is 10.0. The van der Waals surface area contributed by atoms with E-state index in [1.54, 1.807) is 4.88 Å². The summed E-state index contributed by atoms with van der Waals surface area (Å²) in [6.45, 7) is 10.8. The maximum absolute atomic E-state index is 2.41. The molecule has 0 spiro atoms. The van der Waals surface area contributed by atoms with Crippen LogP contribution in [0.1, 0.15) is 69.6 Å². The molecule has 0 nitrogen and oxygen atoms in total. The second-order valence-corrected chi connectivity index (χ2v) is 8.10. The minimum absolute atomic E-state index is 0.873. The first kappa shape index (κ1) is 17.7. The SMILES string of the molecule is CC.Cc1cc2sc(CCCCCCC(C)C)cc2s1. The molecule has 2 aromatic rings. The highest BCUT2D eigenvalue weighted by atomic mass is 32.1. The van der Waals surface area contributed by atoms with Gasteiger partial charge in [0.05, 0.1) is 0 Å². The van der Waals surface area contributed by atoms with E-state index >= 15 is 0 Å². The van der Waals surface area contributed by atoms with Crippen LogP contribution >= 0.6 is 22.7 Å². The highest BCUT2D eigenvalue weighted by molar-refractivity contribution is 7.27. The second kappa shape index (κ2) is 9.57. The third-order valence-corrected chi connectivity index (χ3v) is 5.60. The smallest absolute Gasteiger partial charge is 0.0456 e. The minimum atomic E-state index is 0.873. The summed E-state index contributed by atoms with van der Waals surface area (Å²) in [7, 11) is 0. The van der Waals surface area contributed by atoms with E-state index in [9.17, 15) is 0 Å². The van der Waals surface area contributed by atoms with Crippen molar-refractivity contribution in [3.63, 3.8) is 0 Å². The van der Waals surface area contributed by atoms with E-state index in [1.165, 1.54) is 52.8 Å². The molecule has 0 unspecified atom stereocenters. The standard InChI is InChI=1S/C16H24S2.C2H6/c1-12(2)8-6-4-5-7-9-14-11-16-15(18-14)10-13(3)17-16;1-2/h10-12H,4-9H2,1-3H3;1-2H3. The summed E-state index contributed by atoms with van der Waals surface area (Å²) in [5.41, 5.74) is 0. The van der Waals surface area contributed by atoms with Crippen LogP contribution in [0.25, 0.3) is 9.40 Å². The number of aryl methyl sites for hydroxylation is 2. The molecular weight excluding hydrogens is 280 g/mol. The minimum Gasteiger partial charge on any atom is -0.140 e. The molecule has 0 bridgehead atoms. The van der Waals surface area contributed by atoms with Gasteiger partial charge in [-0.2, -0.15) is 0 Å². The molecule has 0 atom stereocenters. The Morgan fingerprint density at radius 2 is 1.55 bits per heavy atom. The molecule has 0 amide bonds. The second-order valence-electron chi connectivity index (χ2n) is 5.64. The van der Waals surface area contributed by atoms with Gasteiger partial charge in [-0.15, -0.1) is 22.7 Å². The molecule has 2 heteroatoms. The molecule has 0 fully saturated rings. The Hall–Kier alpha value is -0.340. The lowest BCUT2D eigenvalue weighted by Crippen LogP contribution is -1.87. The molecule has 2 rings (SSSR count). The van der Waals surface area contributed by atoms with E-state index in [4.69, 9.17) is 0 Å². The number of rotatable bonds is 7. The average Bonchev–Trinajstić information content (AvgIpc) is 2.92. The van der Waals surface area contributed by atoms with Crippen molar-refractivity contribution in [3.05, 3.63) is 21.9 Å². The molecule has 20 heavy (non-hydrogen) atoms. The van der Waals surface area contributed by atoms with Gasteiger partial charge in [0.1, 0.15) is 0 Å². The Morgan fingerprint density at radius 1 is 0.900 bits per heavy atom. The molecule has 0 aliphatic carbocycles. The Bertz CT molecular complexity index is 445. The molecule has 0 aliphatic heterocycles. The van der Waals surface area contributed by atoms with E-state index in [2.05, 4.69) is 32.9 Å². The predicted octanol–water partition coefficient (Wildman–Crippen LogP) is 7.45. The van der Waals surface area contributed by atoms with Crippen molar-refractivity contribution in [3.8, 4) is 0 Å². The van der Waals surface area contributed by atoms with Gasteiger partial charge in [0.2, 0.25) is 0 Å². The zero-order chi connectivity index (χ0) is 15.0. The summed E-state index contributed by atoms with van der Waals surface area (Å²) in [4.78, 5) is 3.02. The van der Waals surface area contributed by atoms with Gasteiger partial charge >= 0.3 is 0 Å². The van der Waals surface area contributed by atoms with Gasteiger partial charge in [-0.1, -0.05) is 53.4 Å². The monoisotopic (exact) mass is 310 g/mol. The van der Waals surface area contributed by atoms with Gasteiger partial charge in [-0.05, 0) is 37.8 Å². The largest absolute Gasteiger partial charge is 0.140 e. The van der Waals surface area contributed by atoms with E-state index in [0.717, 1.165) is 5.92 Å². The molecule has 0 saturated carbocycles. The van der Waals surface area contributed by atoms with Gasteiger partial charge in [-0.3, -0.25) is 0 Å². The number of thiophene rings is 2. The number of fused-ring (bicyclic) bond motifs is 1. The van der Waals surface area contributed by atoms with Gasteiger partial charge in [0, 0.05) is 19.2 Å². The van der Waals surface area contributed by atoms with Crippen LogP contribution in [0.2, 0.25) is 0 Å². The topological polar surface area (TPSA) is 0 Å². The molecule has 0 aromatic carbocycles. The van der Waals surface area contributed by atoms with Gasteiger partial charge in [0.15, 0.2) is 0 Å². The van der Waals surface area contributed by atoms with Crippen molar-refractivity contribution in [2.24, 2.45) is 5.92 Å². The number of unbranched alkanes of at least 4 members (excludes halogenated alkanes) is 3. The normalized spacial score (nSPS) is 10.9. The van der Waals surface area contributed by atoms with Crippen molar-refractivity contribution >= 4 is 32.1 Å². The summed E-state index contributed by atoms with van der Waals surface area (Å²) in [5.74, 6) is 0.873. The summed E-state index contributed by atoms with van der Waals surface area (Å²) >= 11 is 3.93. The third kappa shape index (κ3) is 5.97. The molecule has 2 aromatic heterocycles. The molecule has 0 N–H and O–H groups in total. The average molecular weight is 311 g/mol. The predicted molar refractivity (Wildman–Crippen MR) is 97.4 cm³/mol. The first-order chi connectivity index (χ1) is 9.65. The molecule has 2 heterocycles. The maximum Gasteiger partial charge on any atom is 0.0456 e. The van der Waals surface area contributed by atoms with Crippen LogP contribution in [0, 0.1) is 12.8 Å². The van der Waals surface area contributed by atoms with Crippen molar-refractivity contribution in [2.45, 2.75) is 73.1 Å². The zero-order valence-electron chi connectivity index (χ0n) is 13.8. The summed E-state index contributed by atoms with van der Waals surface area (Å²) in [5, 5.41) is 0. The molecule has 0 aliphatic rings. The maximum atomic E-state index is 2.41. The van der Waals surface area contributed by atoms with Crippen LogP contribution in [-0.4, -0.2) is 0 Å². The summed E-state index contributed by atoms with van der Waals surface area (Å²) < 4.78 is 2.99. The lowest BCUT2D eigenvalue weighted by molar-refractivity contribution is 0.520. The van der Waals surface area contributed by atoms with Crippen molar-refractivity contribution < 1.29 is 0 Å². The molecular formula is C18H30S2. The molecule has 0 saturated heterocycles. The van der Waals surface area contributed by atoms with Crippen molar-refractivity contribution in [1.82, 2.24) is 0 Å². The highest BCUT2D eigenvalue weighted by Crippen LogP contribution is 2.33. The van der Waals surface area contributed by atoms with Crippen LogP contribution in [0.15, 0.2) is 12.1 Å². The fourth-order valence-electron chi connectivity index (χ4n) is 2.33. The van der Waals surface area contributed by atoms with E-state index in [-0.39, 0.29) is 0 Å². The fraction of sp³-hybridized carbons (Fsp3) is 0.667. The fourth-order valence-corrected chi connectivity index (χ4v) is 4.72. The summed E-state index contributed by atoms with van der Waals surface area (Å²) in [6, 6.07) is 4.74. The molecule has 0 radical (unpaired) electrons. The highest BCUT2D eigenvalue weighted by Gasteiger charge is 2.04. The molecule has 114 valence electrons. The lowest BCUT2D eigenvalue weighted by Gasteiger charge is -2.03. The first-order valence-electron chi connectivity index (χ1n) is 8.14. The Balaban J connectivity index is 0.000000956. The van der Waals surface area contributed by atoms with Crippen molar-refractivity contribution in [2.75, 3.05) is 0 Å². The summed E-state index contributed by atoms with van der Waals surface area (Å²) in [6.07, 6.45) is 8.27. The Kier molecular flexibility index (Phi) is 8.47. The van der Waals surface area contributed by atoms with Crippen LogP contribution in [0.5, 0.6) is 0 Å². The first-order valence-corrected chi connectivity index (χ1v) is 9.77. The van der Waals surface area contributed by atoms with Crippen molar-refractivity contribution in [1.29, 1.82) is 0 Å². The third-order valence-electron chi connectivity index (χ3n) is 3.34. The van der Waals surface area contributed by atoms with Crippen LogP contribution in [0.4, 0.5) is 0 Å².